The van der Waals surface area contributed by atoms with Gasteiger partial charge >= 0.3 is 0 Å². The average molecular weight is 345 g/mol. The largest absolute Gasteiger partial charge is 0.493 e. The summed E-state index contributed by atoms with van der Waals surface area (Å²) < 4.78 is 12.7. The molecule has 136 valence electrons. The van der Waals surface area contributed by atoms with Crippen molar-refractivity contribution in [2.45, 2.75) is 26.9 Å². The van der Waals surface area contributed by atoms with Crippen molar-refractivity contribution in [3.05, 3.63) is 40.7 Å². The summed E-state index contributed by atoms with van der Waals surface area (Å²) in [6.07, 6.45) is 0. The summed E-state index contributed by atoms with van der Waals surface area (Å²) in [5, 5.41) is 11.1. The SMILES string of the molecule is CN=C(NCc1cccc(OC)c1OC)NCc1c(C)nn(C)c1C. The van der Waals surface area contributed by atoms with Gasteiger partial charge in [0.05, 0.1) is 19.9 Å². The van der Waals surface area contributed by atoms with Gasteiger partial charge in [0.1, 0.15) is 0 Å². The van der Waals surface area contributed by atoms with Gasteiger partial charge in [0.2, 0.25) is 0 Å². The lowest BCUT2D eigenvalue weighted by atomic mass is 10.2. The van der Waals surface area contributed by atoms with Gasteiger partial charge < -0.3 is 20.1 Å². The van der Waals surface area contributed by atoms with E-state index >= 15 is 0 Å². The summed E-state index contributed by atoms with van der Waals surface area (Å²) in [5.41, 5.74) is 4.36. The summed E-state index contributed by atoms with van der Waals surface area (Å²) in [6.45, 7) is 5.32. The fourth-order valence-electron chi connectivity index (χ4n) is 2.74. The minimum atomic E-state index is 0.574. The third-order valence-electron chi connectivity index (χ3n) is 4.25. The standard InChI is InChI=1S/C18H27N5O2/c1-12-15(13(2)23(4)22-12)11-21-18(19-3)20-10-14-8-7-9-16(24-5)17(14)25-6/h7-9H,10-11H2,1-6H3,(H2,19,20,21). The molecule has 25 heavy (non-hydrogen) atoms. The van der Waals surface area contributed by atoms with E-state index in [4.69, 9.17) is 9.47 Å². The molecule has 0 saturated carbocycles. The molecule has 0 saturated heterocycles. The highest BCUT2D eigenvalue weighted by molar-refractivity contribution is 5.79. The number of aliphatic imine (C=N–C) groups is 1. The van der Waals surface area contributed by atoms with Crippen LogP contribution in [0.2, 0.25) is 0 Å². The number of aromatic nitrogens is 2. The number of benzene rings is 1. The normalized spacial score (nSPS) is 11.4. The summed E-state index contributed by atoms with van der Waals surface area (Å²) in [5.74, 6) is 2.16. The first-order chi connectivity index (χ1) is 12.0. The predicted octanol–water partition coefficient (Wildman–Crippen LogP) is 1.92. The van der Waals surface area contributed by atoms with Crippen molar-refractivity contribution in [1.29, 1.82) is 0 Å². The van der Waals surface area contributed by atoms with Gasteiger partial charge in [-0.15, -0.1) is 0 Å². The maximum absolute atomic E-state index is 5.46. The van der Waals surface area contributed by atoms with Crippen LogP contribution in [0.3, 0.4) is 0 Å². The van der Waals surface area contributed by atoms with Crippen LogP contribution in [0.4, 0.5) is 0 Å². The molecule has 0 aliphatic carbocycles. The van der Waals surface area contributed by atoms with Gasteiger partial charge in [0.25, 0.3) is 0 Å². The lowest BCUT2D eigenvalue weighted by Crippen LogP contribution is -2.36. The summed E-state index contributed by atoms with van der Waals surface area (Å²) in [7, 11) is 6.98. The number of hydrogen-bond acceptors (Lipinski definition) is 4. The van der Waals surface area contributed by atoms with Crippen molar-refractivity contribution in [2.24, 2.45) is 12.0 Å². The maximum Gasteiger partial charge on any atom is 0.191 e. The topological polar surface area (TPSA) is 72.7 Å². The lowest BCUT2D eigenvalue weighted by molar-refractivity contribution is 0.351. The molecule has 1 heterocycles. The van der Waals surface area contributed by atoms with Gasteiger partial charge in [0, 0.05) is 44.0 Å². The van der Waals surface area contributed by atoms with E-state index in [1.54, 1.807) is 21.3 Å². The second kappa shape index (κ2) is 8.41. The number of hydrogen-bond donors (Lipinski definition) is 2. The summed E-state index contributed by atoms with van der Waals surface area (Å²) >= 11 is 0. The summed E-state index contributed by atoms with van der Waals surface area (Å²) in [4.78, 5) is 4.28. The van der Waals surface area contributed by atoms with Crippen molar-refractivity contribution in [1.82, 2.24) is 20.4 Å². The maximum atomic E-state index is 5.46. The molecular weight excluding hydrogens is 318 g/mol. The zero-order valence-electron chi connectivity index (χ0n) is 15.8. The number of nitrogens with one attached hydrogen (secondary N) is 2. The molecule has 2 rings (SSSR count). The lowest BCUT2D eigenvalue weighted by Gasteiger charge is -2.15. The van der Waals surface area contributed by atoms with Crippen molar-refractivity contribution in [3.8, 4) is 11.5 Å². The van der Waals surface area contributed by atoms with Crippen molar-refractivity contribution >= 4 is 5.96 Å². The van der Waals surface area contributed by atoms with E-state index in [1.165, 1.54) is 5.56 Å². The molecular formula is C18H27N5O2. The Morgan fingerprint density at radius 1 is 1.16 bits per heavy atom. The highest BCUT2D eigenvalue weighted by atomic mass is 16.5. The quantitative estimate of drug-likeness (QED) is 0.618. The Hall–Kier alpha value is -2.70. The van der Waals surface area contributed by atoms with E-state index in [1.807, 2.05) is 36.9 Å². The van der Waals surface area contributed by atoms with Gasteiger partial charge in [-0.25, -0.2) is 0 Å². The van der Waals surface area contributed by atoms with Gasteiger partial charge in [-0.05, 0) is 19.9 Å². The van der Waals surface area contributed by atoms with E-state index < -0.39 is 0 Å². The molecule has 0 amide bonds. The Kier molecular flexibility index (Phi) is 6.27. The van der Waals surface area contributed by atoms with Crippen LogP contribution in [0.25, 0.3) is 0 Å². The van der Waals surface area contributed by atoms with E-state index in [2.05, 4.69) is 27.6 Å². The molecule has 0 fully saturated rings. The molecule has 7 heteroatoms. The van der Waals surface area contributed by atoms with Crippen LogP contribution in [0.5, 0.6) is 11.5 Å². The Morgan fingerprint density at radius 3 is 2.44 bits per heavy atom. The fraction of sp³-hybridized carbons (Fsp3) is 0.444. The number of nitrogens with zero attached hydrogens (tertiary/aromatic N) is 3. The molecule has 0 atom stereocenters. The molecule has 1 aromatic heterocycles. The molecule has 0 aliphatic heterocycles. The van der Waals surface area contributed by atoms with Gasteiger partial charge in [-0.1, -0.05) is 12.1 Å². The molecule has 7 nitrogen and oxygen atoms in total. The smallest absolute Gasteiger partial charge is 0.191 e. The molecule has 0 radical (unpaired) electrons. The molecule has 2 N–H and O–H groups in total. The minimum absolute atomic E-state index is 0.574. The highest BCUT2D eigenvalue weighted by Gasteiger charge is 2.12. The number of para-hydroxylation sites is 1. The van der Waals surface area contributed by atoms with E-state index in [-0.39, 0.29) is 0 Å². The number of aryl methyl sites for hydroxylation is 2. The zero-order chi connectivity index (χ0) is 18.4. The Morgan fingerprint density at radius 2 is 1.88 bits per heavy atom. The molecule has 0 aliphatic rings. The first kappa shape index (κ1) is 18.6. The fourth-order valence-corrected chi connectivity index (χ4v) is 2.74. The van der Waals surface area contributed by atoms with Crippen LogP contribution in [0.15, 0.2) is 23.2 Å². The van der Waals surface area contributed by atoms with Crippen LogP contribution in [0, 0.1) is 13.8 Å². The molecule has 1 aromatic carbocycles. The van der Waals surface area contributed by atoms with Crippen LogP contribution >= 0.6 is 0 Å². The number of rotatable bonds is 6. The van der Waals surface area contributed by atoms with Gasteiger partial charge in [0.15, 0.2) is 17.5 Å². The number of guanidine groups is 1. The molecule has 0 unspecified atom stereocenters. The third-order valence-corrected chi connectivity index (χ3v) is 4.25. The zero-order valence-corrected chi connectivity index (χ0v) is 15.8. The minimum Gasteiger partial charge on any atom is -0.493 e. The number of ether oxygens (including phenoxy) is 2. The monoisotopic (exact) mass is 345 g/mol. The second-order valence-corrected chi connectivity index (χ2v) is 5.70. The van der Waals surface area contributed by atoms with Crippen molar-refractivity contribution in [2.75, 3.05) is 21.3 Å². The van der Waals surface area contributed by atoms with Crippen LogP contribution < -0.4 is 20.1 Å². The molecule has 2 aromatic rings. The highest BCUT2D eigenvalue weighted by Crippen LogP contribution is 2.30. The van der Waals surface area contributed by atoms with Gasteiger partial charge in [-0.2, -0.15) is 5.10 Å². The summed E-state index contributed by atoms with van der Waals surface area (Å²) in [6, 6.07) is 5.82. The van der Waals surface area contributed by atoms with Crippen LogP contribution in [0.1, 0.15) is 22.5 Å². The predicted molar refractivity (Wildman–Crippen MR) is 99.3 cm³/mol. The number of methoxy groups -OCH3 is 2. The molecule has 0 bridgehead atoms. The van der Waals surface area contributed by atoms with Crippen molar-refractivity contribution < 1.29 is 9.47 Å². The van der Waals surface area contributed by atoms with Crippen LogP contribution in [-0.4, -0.2) is 37.0 Å². The van der Waals surface area contributed by atoms with E-state index in [0.717, 1.165) is 22.7 Å². The second-order valence-electron chi connectivity index (χ2n) is 5.70. The van der Waals surface area contributed by atoms with Crippen molar-refractivity contribution in [3.63, 3.8) is 0 Å². The van der Waals surface area contributed by atoms with E-state index in [0.29, 0.717) is 24.8 Å². The Bertz CT molecular complexity index is 752. The Balaban J connectivity index is 2.02. The third kappa shape index (κ3) is 4.23. The van der Waals surface area contributed by atoms with Gasteiger partial charge in [-0.3, -0.25) is 9.67 Å². The molecule has 0 spiro atoms. The first-order valence-electron chi connectivity index (χ1n) is 8.15. The Labute approximate surface area is 149 Å². The first-order valence-corrected chi connectivity index (χ1v) is 8.15. The van der Waals surface area contributed by atoms with Crippen LogP contribution in [-0.2, 0) is 20.1 Å². The average Bonchev–Trinajstić information content (AvgIpc) is 2.86. The van der Waals surface area contributed by atoms with E-state index in [9.17, 15) is 0 Å².